The Hall–Kier alpha value is -3.22. The molecule has 0 aliphatic carbocycles. The van der Waals surface area contributed by atoms with E-state index in [1.54, 1.807) is 0 Å². The van der Waals surface area contributed by atoms with Gasteiger partial charge in [0.15, 0.2) is 0 Å². The van der Waals surface area contributed by atoms with Crippen LogP contribution in [0.3, 0.4) is 0 Å². The number of H-pyrrole nitrogens is 1. The molecule has 0 aliphatic heterocycles. The normalized spacial score (nSPS) is 10.9. The summed E-state index contributed by atoms with van der Waals surface area (Å²) in [5.74, 6) is -1.66. The minimum Gasteiger partial charge on any atom is -0.478 e. The third-order valence-electron chi connectivity index (χ3n) is 3.55. The number of aromatic amines is 1. The number of carboxylic acids is 1. The SMILES string of the molecule is Cc1cc2[nH]c(=O)n(-c3ccc(C(=O)O)cc3)c(=O)c2cc1F. The molecule has 3 aromatic rings. The number of hydrogen-bond donors (Lipinski definition) is 2. The molecule has 2 N–H and O–H groups in total. The van der Waals surface area contributed by atoms with Crippen molar-refractivity contribution < 1.29 is 14.3 Å². The van der Waals surface area contributed by atoms with Crippen LogP contribution in [0.15, 0.2) is 46.0 Å². The van der Waals surface area contributed by atoms with Gasteiger partial charge >= 0.3 is 11.7 Å². The van der Waals surface area contributed by atoms with E-state index in [2.05, 4.69) is 4.98 Å². The fraction of sp³-hybridized carbons (Fsp3) is 0.0625. The van der Waals surface area contributed by atoms with Gasteiger partial charge in [-0.25, -0.2) is 18.5 Å². The summed E-state index contributed by atoms with van der Waals surface area (Å²) in [5.41, 5.74) is -0.569. The number of fused-ring (bicyclic) bond motifs is 1. The first-order chi connectivity index (χ1) is 10.9. The Bertz CT molecular complexity index is 1050. The zero-order chi connectivity index (χ0) is 16.7. The zero-order valence-corrected chi connectivity index (χ0v) is 12.0. The van der Waals surface area contributed by atoms with E-state index in [0.29, 0.717) is 5.56 Å². The van der Waals surface area contributed by atoms with Crippen molar-refractivity contribution in [2.24, 2.45) is 0 Å². The minimum atomic E-state index is -1.12. The molecule has 0 aliphatic rings. The summed E-state index contributed by atoms with van der Waals surface area (Å²) in [6.07, 6.45) is 0. The van der Waals surface area contributed by atoms with Crippen LogP contribution in [0.25, 0.3) is 16.6 Å². The van der Waals surface area contributed by atoms with Crippen molar-refractivity contribution in [2.45, 2.75) is 6.92 Å². The fourth-order valence-electron chi connectivity index (χ4n) is 2.33. The molecule has 2 aromatic carbocycles. The molecule has 6 nitrogen and oxygen atoms in total. The molecule has 3 rings (SSSR count). The molecule has 23 heavy (non-hydrogen) atoms. The van der Waals surface area contributed by atoms with Gasteiger partial charge in [0, 0.05) is 0 Å². The summed E-state index contributed by atoms with van der Waals surface area (Å²) in [7, 11) is 0. The van der Waals surface area contributed by atoms with Crippen LogP contribution in [-0.2, 0) is 0 Å². The fourth-order valence-corrected chi connectivity index (χ4v) is 2.33. The van der Waals surface area contributed by atoms with Crippen molar-refractivity contribution >= 4 is 16.9 Å². The van der Waals surface area contributed by atoms with Crippen molar-refractivity contribution in [1.29, 1.82) is 0 Å². The number of nitrogens with one attached hydrogen (secondary N) is 1. The molecular weight excluding hydrogens is 303 g/mol. The molecule has 116 valence electrons. The number of nitrogens with zero attached hydrogens (tertiary/aromatic N) is 1. The van der Waals surface area contributed by atoms with Crippen LogP contribution >= 0.6 is 0 Å². The number of halogens is 1. The quantitative estimate of drug-likeness (QED) is 0.755. The second-order valence-corrected chi connectivity index (χ2v) is 5.07. The lowest BCUT2D eigenvalue weighted by Crippen LogP contribution is -2.33. The highest BCUT2D eigenvalue weighted by atomic mass is 19.1. The second-order valence-electron chi connectivity index (χ2n) is 5.07. The summed E-state index contributed by atoms with van der Waals surface area (Å²) in [5, 5.41) is 8.91. The highest BCUT2D eigenvalue weighted by Gasteiger charge is 2.12. The van der Waals surface area contributed by atoms with Gasteiger partial charge in [0.25, 0.3) is 5.56 Å². The Morgan fingerprint density at radius 2 is 1.83 bits per heavy atom. The predicted octanol–water partition coefficient (Wildman–Crippen LogP) is 1.82. The Balaban J connectivity index is 2.29. The van der Waals surface area contributed by atoms with E-state index in [-0.39, 0.29) is 22.2 Å². The van der Waals surface area contributed by atoms with E-state index in [1.807, 2.05) is 0 Å². The van der Waals surface area contributed by atoms with Crippen molar-refractivity contribution in [2.75, 3.05) is 0 Å². The molecule has 0 amide bonds. The Morgan fingerprint density at radius 1 is 1.17 bits per heavy atom. The maximum absolute atomic E-state index is 13.7. The molecule has 0 atom stereocenters. The van der Waals surface area contributed by atoms with Crippen LogP contribution in [0.4, 0.5) is 4.39 Å². The number of rotatable bonds is 2. The lowest BCUT2D eigenvalue weighted by molar-refractivity contribution is 0.0697. The van der Waals surface area contributed by atoms with Crippen LogP contribution in [-0.4, -0.2) is 20.6 Å². The molecule has 1 aromatic heterocycles. The number of aromatic nitrogens is 2. The van der Waals surface area contributed by atoms with Gasteiger partial charge in [-0.05, 0) is 48.9 Å². The minimum absolute atomic E-state index is 0.0284. The molecule has 0 radical (unpaired) electrons. The topological polar surface area (TPSA) is 92.2 Å². The first kappa shape index (κ1) is 14.7. The summed E-state index contributed by atoms with van der Waals surface area (Å²) in [6, 6.07) is 7.72. The van der Waals surface area contributed by atoms with Crippen LogP contribution in [0.1, 0.15) is 15.9 Å². The van der Waals surface area contributed by atoms with Crippen molar-refractivity contribution in [3.05, 3.63) is 74.2 Å². The van der Waals surface area contributed by atoms with Gasteiger partial charge in [0.2, 0.25) is 0 Å². The lowest BCUT2D eigenvalue weighted by atomic mass is 10.1. The lowest BCUT2D eigenvalue weighted by Gasteiger charge is -2.07. The first-order valence-corrected chi connectivity index (χ1v) is 6.67. The molecular formula is C16H11FN2O4. The van der Waals surface area contributed by atoms with Crippen molar-refractivity contribution in [3.8, 4) is 5.69 Å². The monoisotopic (exact) mass is 314 g/mol. The third kappa shape index (κ3) is 2.42. The molecule has 7 heteroatoms. The van der Waals surface area contributed by atoms with Gasteiger partial charge in [0.1, 0.15) is 5.82 Å². The average molecular weight is 314 g/mol. The van der Waals surface area contributed by atoms with Gasteiger partial charge in [-0.15, -0.1) is 0 Å². The smallest absolute Gasteiger partial charge is 0.335 e. The number of carbonyl (C=O) groups is 1. The number of hydrogen-bond acceptors (Lipinski definition) is 3. The summed E-state index contributed by atoms with van der Waals surface area (Å²) in [4.78, 5) is 38.0. The van der Waals surface area contributed by atoms with Gasteiger partial charge in [0.05, 0.1) is 22.2 Å². The van der Waals surface area contributed by atoms with Crippen molar-refractivity contribution in [1.82, 2.24) is 9.55 Å². The Kier molecular flexibility index (Phi) is 3.33. The van der Waals surface area contributed by atoms with Crippen LogP contribution in [0.2, 0.25) is 0 Å². The summed E-state index contributed by atoms with van der Waals surface area (Å²) >= 11 is 0. The second kappa shape index (κ2) is 5.20. The predicted molar refractivity (Wildman–Crippen MR) is 81.8 cm³/mol. The molecule has 0 bridgehead atoms. The molecule has 0 saturated heterocycles. The highest BCUT2D eigenvalue weighted by Crippen LogP contribution is 2.14. The van der Waals surface area contributed by atoms with Crippen LogP contribution in [0, 0.1) is 12.7 Å². The van der Waals surface area contributed by atoms with Gasteiger partial charge < -0.3 is 10.1 Å². The number of benzene rings is 2. The standard InChI is InChI=1S/C16H11FN2O4/c1-8-6-13-11(7-12(8)17)14(20)19(16(23)18-13)10-4-2-9(3-5-10)15(21)22/h2-7H,1H3,(H,18,23)(H,21,22). The summed E-state index contributed by atoms with van der Waals surface area (Å²) < 4.78 is 14.5. The van der Waals surface area contributed by atoms with Crippen LogP contribution < -0.4 is 11.2 Å². The Morgan fingerprint density at radius 3 is 2.43 bits per heavy atom. The van der Waals surface area contributed by atoms with Crippen LogP contribution in [0.5, 0.6) is 0 Å². The van der Waals surface area contributed by atoms with E-state index in [0.717, 1.165) is 10.6 Å². The number of aromatic carboxylic acids is 1. The molecule has 1 heterocycles. The van der Waals surface area contributed by atoms with Crippen molar-refractivity contribution in [3.63, 3.8) is 0 Å². The maximum atomic E-state index is 13.7. The van der Waals surface area contributed by atoms with Gasteiger partial charge in [-0.1, -0.05) is 0 Å². The van der Waals surface area contributed by atoms with E-state index >= 15 is 0 Å². The van der Waals surface area contributed by atoms with E-state index < -0.39 is 23.0 Å². The maximum Gasteiger partial charge on any atom is 0.335 e. The third-order valence-corrected chi connectivity index (χ3v) is 3.55. The highest BCUT2D eigenvalue weighted by molar-refractivity contribution is 5.87. The molecule has 0 unspecified atom stereocenters. The largest absolute Gasteiger partial charge is 0.478 e. The van der Waals surface area contributed by atoms with Gasteiger partial charge in [-0.3, -0.25) is 4.79 Å². The van der Waals surface area contributed by atoms with E-state index in [1.165, 1.54) is 37.3 Å². The molecule has 0 fully saturated rings. The number of aryl methyl sites for hydroxylation is 1. The molecule has 0 saturated carbocycles. The number of carboxylic acid groups (broad SMARTS) is 1. The van der Waals surface area contributed by atoms with Gasteiger partial charge in [-0.2, -0.15) is 0 Å². The zero-order valence-electron chi connectivity index (χ0n) is 12.0. The molecule has 0 spiro atoms. The van der Waals surface area contributed by atoms with E-state index in [9.17, 15) is 18.8 Å². The average Bonchev–Trinajstić information content (AvgIpc) is 2.50. The Labute approximate surface area is 128 Å². The first-order valence-electron chi connectivity index (χ1n) is 6.67. The summed E-state index contributed by atoms with van der Waals surface area (Å²) in [6.45, 7) is 1.53. The van der Waals surface area contributed by atoms with E-state index in [4.69, 9.17) is 5.11 Å².